The summed E-state index contributed by atoms with van der Waals surface area (Å²) < 4.78 is 0. The summed E-state index contributed by atoms with van der Waals surface area (Å²) in [5.74, 6) is -0.0435. The minimum atomic E-state index is -0.299. The largest absolute Gasteiger partial charge is 0.409 e. The number of nitrogens with zero attached hydrogens (tertiary/aromatic N) is 2. The number of rotatable bonds is 2. The number of aliphatic hydroxyl groups is 1. The van der Waals surface area contributed by atoms with Gasteiger partial charge in [0.15, 0.2) is 5.84 Å². The predicted octanol–water partition coefficient (Wildman–Crippen LogP) is 0.378. The Labute approximate surface area is 111 Å². The van der Waals surface area contributed by atoms with Crippen molar-refractivity contribution in [3.63, 3.8) is 0 Å². The molecule has 0 spiro atoms. The minimum absolute atomic E-state index is 0.0140. The molecule has 1 aromatic carbocycles. The number of likely N-dealkylation sites (tertiary alicyclic amines) is 1. The Kier molecular flexibility index (Phi) is 4.01. The van der Waals surface area contributed by atoms with E-state index in [-0.39, 0.29) is 17.8 Å². The summed E-state index contributed by atoms with van der Waals surface area (Å²) in [5, 5.41) is 20.9. The first-order valence-corrected chi connectivity index (χ1v) is 6.17. The third-order valence-electron chi connectivity index (χ3n) is 3.29. The molecule has 0 saturated carbocycles. The van der Waals surface area contributed by atoms with Gasteiger partial charge in [-0.3, -0.25) is 4.79 Å². The van der Waals surface area contributed by atoms with Crippen molar-refractivity contribution in [1.82, 2.24) is 4.90 Å². The van der Waals surface area contributed by atoms with Crippen LogP contribution in [-0.4, -0.2) is 46.1 Å². The second-order valence-corrected chi connectivity index (χ2v) is 4.59. The van der Waals surface area contributed by atoms with E-state index in [9.17, 15) is 9.90 Å². The number of carbonyl (C=O) groups excluding carboxylic acids is 1. The van der Waals surface area contributed by atoms with Crippen LogP contribution in [0.5, 0.6) is 0 Å². The van der Waals surface area contributed by atoms with Gasteiger partial charge in [0.2, 0.25) is 0 Å². The molecular formula is C13H17N3O3. The number of amides is 1. The molecule has 0 radical (unpaired) electrons. The Balaban J connectivity index is 2.07. The molecule has 0 bridgehead atoms. The van der Waals surface area contributed by atoms with Crippen LogP contribution in [0.25, 0.3) is 0 Å². The van der Waals surface area contributed by atoms with Crippen LogP contribution >= 0.6 is 0 Å². The van der Waals surface area contributed by atoms with Crippen LogP contribution in [0.2, 0.25) is 0 Å². The summed E-state index contributed by atoms with van der Waals surface area (Å²) in [6.07, 6.45) is 0.939. The Bertz CT molecular complexity index is 476. The lowest BCUT2D eigenvalue weighted by Gasteiger charge is -2.29. The van der Waals surface area contributed by atoms with E-state index in [0.29, 0.717) is 37.1 Å². The second kappa shape index (κ2) is 5.71. The van der Waals surface area contributed by atoms with Gasteiger partial charge >= 0.3 is 0 Å². The highest BCUT2D eigenvalue weighted by molar-refractivity contribution is 5.99. The maximum atomic E-state index is 12.2. The van der Waals surface area contributed by atoms with Crippen LogP contribution in [0.15, 0.2) is 29.4 Å². The third kappa shape index (κ3) is 3.03. The van der Waals surface area contributed by atoms with Crippen molar-refractivity contribution in [3.05, 3.63) is 35.4 Å². The van der Waals surface area contributed by atoms with E-state index in [1.165, 1.54) is 0 Å². The summed E-state index contributed by atoms with van der Waals surface area (Å²) >= 11 is 0. The Hall–Kier alpha value is -2.08. The molecular weight excluding hydrogens is 246 g/mol. The van der Waals surface area contributed by atoms with Crippen molar-refractivity contribution in [2.75, 3.05) is 13.1 Å². The number of nitrogens with two attached hydrogens (primary N) is 1. The van der Waals surface area contributed by atoms with Gasteiger partial charge in [0.05, 0.1) is 6.10 Å². The third-order valence-corrected chi connectivity index (χ3v) is 3.29. The number of piperidine rings is 1. The monoisotopic (exact) mass is 263 g/mol. The van der Waals surface area contributed by atoms with E-state index in [1.54, 1.807) is 29.2 Å². The van der Waals surface area contributed by atoms with Gasteiger partial charge in [0.1, 0.15) is 0 Å². The Morgan fingerprint density at radius 2 is 1.74 bits per heavy atom. The van der Waals surface area contributed by atoms with Gasteiger partial charge in [-0.25, -0.2) is 0 Å². The summed E-state index contributed by atoms with van der Waals surface area (Å²) in [4.78, 5) is 13.9. The molecule has 19 heavy (non-hydrogen) atoms. The predicted molar refractivity (Wildman–Crippen MR) is 70.1 cm³/mol. The molecule has 1 heterocycles. The number of benzene rings is 1. The SMILES string of the molecule is N/C(=N\O)c1ccc(C(=O)N2CCC(O)CC2)cc1. The summed E-state index contributed by atoms with van der Waals surface area (Å²) in [6.45, 7) is 1.14. The maximum absolute atomic E-state index is 12.2. The molecule has 1 saturated heterocycles. The van der Waals surface area contributed by atoms with E-state index in [4.69, 9.17) is 10.9 Å². The van der Waals surface area contributed by atoms with Crippen molar-refractivity contribution >= 4 is 11.7 Å². The lowest BCUT2D eigenvalue weighted by atomic mass is 10.1. The van der Waals surface area contributed by atoms with Crippen LogP contribution in [0.4, 0.5) is 0 Å². The fraction of sp³-hybridized carbons (Fsp3) is 0.385. The van der Waals surface area contributed by atoms with Crippen LogP contribution in [0.3, 0.4) is 0 Å². The lowest BCUT2D eigenvalue weighted by Crippen LogP contribution is -2.40. The van der Waals surface area contributed by atoms with Gasteiger partial charge < -0.3 is 20.9 Å². The van der Waals surface area contributed by atoms with Gasteiger partial charge in [0, 0.05) is 24.2 Å². The zero-order valence-electron chi connectivity index (χ0n) is 10.5. The molecule has 6 nitrogen and oxygen atoms in total. The van der Waals surface area contributed by atoms with E-state index in [0.717, 1.165) is 0 Å². The average molecular weight is 263 g/mol. The first kappa shape index (κ1) is 13.4. The molecule has 1 fully saturated rings. The molecule has 4 N–H and O–H groups in total. The number of amidine groups is 1. The number of oxime groups is 1. The summed E-state index contributed by atoms with van der Waals surface area (Å²) in [6, 6.07) is 6.59. The fourth-order valence-corrected chi connectivity index (χ4v) is 2.09. The van der Waals surface area contributed by atoms with Crippen LogP contribution in [0.1, 0.15) is 28.8 Å². The first-order valence-electron chi connectivity index (χ1n) is 6.17. The van der Waals surface area contributed by atoms with Crippen molar-refractivity contribution < 1.29 is 15.1 Å². The van der Waals surface area contributed by atoms with Crippen molar-refractivity contribution in [3.8, 4) is 0 Å². The molecule has 1 aliphatic rings. The smallest absolute Gasteiger partial charge is 0.253 e. The standard InChI is InChI=1S/C13H17N3O3/c14-12(15-19)9-1-3-10(4-2-9)13(18)16-7-5-11(17)6-8-16/h1-4,11,17,19H,5-8H2,(H2,14,15). The number of aliphatic hydroxyl groups excluding tert-OH is 1. The highest BCUT2D eigenvalue weighted by Gasteiger charge is 2.22. The highest BCUT2D eigenvalue weighted by Crippen LogP contribution is 2.14. The molecule has 1 aliphatic heterocycles. The Morgan fingerprint density at radius 1 is 1.21 bits per heavy atom. The average Bonchev–Trinajstić information content (AvgIpc) is 2.46. The molecule has 0 aliphatic carbocycles. The van der Waals surface area contributed by atoms with E-state index in [1.807, 2.05) is 0 Å². The number of hydrogen-bond acceptors (Lipinski definition) is 4. The van der Waals surface area contributed by atoms with Crippen molar-refractivity contribution in [1.29, 1.82) is 0 Å². The summed E-state index contributed by atoms with van der Waals surface area (Å²) in [7, 11) is 0. The van der Waals surface area contributed by atoms with Gasteiger partial charge in [-0.2, -0.15) is 0 Å². The van der Waals surface area contributed by atoms with E-state index in [2.05, 4.69) is 5.16 Å². The maximum Gasteiger partial charge on any atom is 0.253 e. The quantitative estimate of drug-likeness (QED) is 0.311. The lowest BCUT2D eigenvalue weighted by molar-refractivity contribution is 0.0546. The van der Waals surface area contributed by atoms with Gasteiger partial charge in [-0.05, 0) is 25.0 Å². The minimum Gasteiger partial charge on any atom is -0.409 e. The fourth-order valence-electron chi connectivity index (χ4n) is 2.09. The molecule has 0 aromatic heterocycles. The second-order valence-electron chi connectivity index (χ2n) is 4.59. The molecule has 1 amide bonds. The van der Waals surface area contributed by atoms with E-state index < -0.39 is 0 Å². The van der Waals surface area contributed by atoms with Gasteiger partial charge in [-0.15, -0.1) is 0 Å². The van der Waals surface area contributed by atoms with Crippen LogP contribution in [0, 0.1) is 0 Å². The van der Waals surface area contributed by atoms with Crippen molar-refractivity contribution in [2.24, 2.45) is 10.9 Å². The zero-order valence-corrected chi connectivity index (χ0v) is 10.5. The molecule has 2 rings (SSSR count). The molecule has 0 atom stereocenters. The van der Waals surface area contributed by atoms with E-state index >= 15 is 0 Å². The van der Waals surface area contributed by atoms with Crippen LogP contribution in [-0.2, 0) is 0 Å². The summed E-state index contributed by atoms with van der Waals surface area (Å²) in [5.41, 5.74) is 6.58. The zero-order chi connectivity index (χ0) is 13.8. The van der Waals surface area contributed by atoms with Crippen LogP contribution < -0.4 is 5.73 Å². The van der Waals surface area contributed by atoms with Crippen molar-refractivity contribution in [2.45, 2.75) is 18.9 Å². The molecule has 0 unspecified atom stereocenters. The first-order chi connectivity index (χ1) is 9.11. The molecule has 1 aromatic rings. The molecule has 6 heteroatoms. The Morgan fingerprint density at radius 3 is 2.26 bits per heavy atom. The normalized spacial score (nSPS) is 17.5. The highest BCUT2D eigenvalue weighted by atomic mass is 16.4. The topological polar surface area (TPSA) is 99.2 Å². The molecule has 102 valence electrons. The van der Waals surface area contributed by atoms with Gasteiger partial charge in [-0.1, -0.05) is 17.3 Å². The van der Waals surface area contributed by atoms with Gasteiger partial charge in [0.25, 0.3) is 5.91 Å². The number of hydrogen-bond donors (Lipinski definition) is 3. The number of carbonyl (C=O) groups is 1.